The standard InChI is InChI=1S/C24H28F3N3O2/c1-28-23(29-15-19-10-12-32-22(19)17-6-3-2-4-7-17)30-11-13-31-21(16-30)18-8-5-9-20(14-18)24(25,26)27/h2-9,14,19,21-22H,10-13,15-16H2,1H3,(H,28,29). The third-order valence-corrected chi connectivity index (χ3v) is 6.03. The van der Waals surface area contributed by atoms with Gasteiger partial charge in [-0.15, -0.1) is 0 Å². The smallest absolute Gasteiger partial charge is 0.373 e. The Bertz CT molecular complexity index is 920. The number of hydrogen-bond donors (Lipinski definition) is 1. The van der Waals surface area contributed by atoms with E-state index in [9.17, 15) is 13.2 Å². The Hall–Kier alpha value is -2.58. The monoisotopic (exact) mass is 447 g/mol. The highest BCUT2D eigenvalue weighted by atomic mass is 19.4. The van der Waals surface area contributed by atoms with E-state index in [0.717, 1.165) is 25.1 Å². The topological polar surface area (TPSA) is 46.1 Å². The minimum absolute atomic E-state index is 0.0457. The van der Waals surface area contributed by atoms with Crippen molar-refractivity contribution in [1.29, 1.82) is 0 Å². The molecule has 8 heteroatoms. The molecule has 5 nitrogen and oxygen atoms in total. The summed E-state index contributed by atoms with van der Waals surface area (Å²) in [5, 5.41) is 3.45. The van der Waals surface area contributed by atoms with Crippen LogP contribution in [0.1, 0.15) is 35.3 Å². The molecule has 2 aromatic rings. The molecule has 2 saturated heterocycles. The first kappa shape index (κ1) is 22.6. The van der Waals surface area contributed by atoms with E-state index in [-0.39, 0.29) is 6.10 Å². The van der Waals surface area contributed by atoms with Crippen molar-refractivity contribution in [2.24, 2.45) is 10.9 Å². The Labute approximate surface area is 186 Å². The van der Waals surface area contributed by atoms with Gasteiger partial charge in [-0.05, 0) is 29.7 Å². The van der Waals surface area contributed by atoms with Crippen molar-refractivity contribution in [3.63, 3.8) is 0 Å². The van der Waals surface area contributed by atoms with Crippen molar-refractivity contribution < 1.29 is 22.6 Å². The van der Waals surface area contributed by atoms with Crippen molar-refractivity contribution in [2.75, 3.05) is 39.9 Å². The Morgan fingerprint density at radius 3 is 2.59 bits per heavy atom. The number of morpholine rings is 1. The van der Waals surface area contributed by atoms with Crippen molar-refractivity contribution in [1.82, 2.24) is 10.2 Å². The van der Waals surface area contributed by atoms with Gasteiger partial charge >= 0.3 is 6.18 Å². The first-order valence-corrected chi connectivity index (χ1v) is 10.9. The Kier molecular flexibility index (Phi) is 7.01. The molecule has 3 unspecified atom stereocenters. The van der Waals surface area contributed by atoms with Gasteiger partial charge < -0.3 is 19.7 Å². The summed E-state index contributed by atoms with van der Waals surface area (Å²) in [6.45, 7) is 2.90. The lowest BCUT2D eigenvalue weighted by molar-refractivity contribution is -0.137. The zero-order chi connectivity index (χ0) is 22.6. The number of aliphatic imine (C=N–C) groups is 1. The third kappa shape index (κ3) is 5.24. The van der Waals surface area contributed by atoms with Crippen LogP contribution in [0.3, 0.4) is 0 Å². The van der Waals surface area contributed by atoms with Crippen LogP contribution in [0.15, 0.2) is 59.6 Å². The van der Waals surface area contributed by atoms with Gasteiger partial charge in [0, 0.05) is 32.7 Å². The number of ether oxygens (including phenoxy) is 2. The molecule has 0 aromatic heterocycles. The Morgan fingerprint density at radius 1 is 1.06 bits per heavy atom. The number of alkyl halides is 3. The highest BCUT2D eigenvalue weighted by molar-refractivity contribution is 5.80. The van der Waals surface area contributed by atoms with Gasteiger partial charge in [0.05, 0.1) is 24.8 Å². The van der Waals surface area contributed by atoms with Gasteiger partial charge in [0.1, 0.15) is 6.10 Å². The van der Waals surface area contributed by atoms with E-state index in [1.165, 1.54) is 17.7 Å². The maximum Gasteiger partial charge on any atom is 0.416 e. The molecule has 0 radical (unpaired) electrons. The van der Waals surface area contributed by atoms with E-state index < -0.39 is 17.8 Å². The highest BCUT2D eigenvalue weighted by Gasteiger charge is 2.33. The second-order valence-corrected chi connectivity index (χ2v) is 8.11. The average molecular weight is 448 g/mol. The molecule has 0 spiro atoms. The number of rotatable bonds is 4. The molecule has 2 heterocycles. The molecule has 2 fully saturated rings. The zero-order valence-corrected chi connectivity index (χ0v) is 18.0. The summed E-state index contributed by atoms with van der Waals surface area (Å²) in [5.74, 6) is 1.04. The molecule has 0 amide bonds. The predicted molar refractivity (Wildman–Crippen MR) is 116 cm³/mol. The molecular formula is C24H28F3N3O2. The van der Waals surface area contributed by atoms with Crippen LogP contribution in [0.5, 0.6) is 0 Å². The summed E-state index contributed by atoms with van der Waals surface area (Å²) in [6, 6.07) is 15.6. The summed E-state index contributed by atoms with van der Waals surface area (Å²) in [4.78, 5) is 6.45. The summed E-state index contributed by atoms with van der Waals surface area (Å²) >= 11 is 0. The molecule has 1 N–H and O–H groups in total. The molecule has 0 aliphatic carbocycles. The van der Waals surface area contributed by atoms with Crippen LogP contribution < -0.4 is 5.32 Å². The number of hydrogen-bond acceptors (Lipinski definition) is 3. The fourth-order valence-corrected chi connectivity index (χ4v) is 4.37. The molecular weight excluding hydrogens is 419 g/mol. The van der Waals surface area contributed by atoms with Crippen LogP contribution in [-0.2, 0) is 15.7 Å². The van der Waals surface area contributed by atoms with E-state index in [0.29, 0.717) is 37.7 Å². The minimum atomic E-state index is -4.37. The van der Waals surface area contributed by atoms with Crippen LogP contribution in [0.2, 0.25) is 0 Å². The predicted octanol–water partition coefficient (Wildman–Crippen LogP) is 4.43. The van der Waals surface area contributed by atoms with E-state index in [4.69, 9.17) is 9.47 Å². The highest BCUT2D eigenvalue weighted by Crippen LogP contribution is 2.34. The zero-order valence-electron chi connectivity index (χ0n) is 18.0. The quantitative estimate of drug-likeness (QED) is 0.556. The van der Waals surface area contributed by atoms with E-state index in [2.05, 4.69) is 22.4 Å². The molecule has 3 atom stereocenters. The Morgan fingerprint density at radius 2 is 1.84 bits per heavy atom. The van der Waals surface area contributed by atoms with Gasteiger partial charge in [0.15, 0.2) is 5.96 Å². The summed E-state index contributed by atoms with van der Waals surface area (Å²) in [6.07, 6.45) is -3.82. The van der Waals surface area contributed by atoms with Gasteiger partial charge in [-0.25, -0.2) is 0 Å². The number of nitrogens with one attached hydrogen (secondary N) is 1. The number of nitrogens with zero attached hydrogens (tertiary/aromatic N) is 2. The summed E-state index contributed by atoms with van der Waals surface area (Å²) < 4.78 is 51.1. The van der Waals surface area contributed by atoms with Gasteiger partial charge in [0.2, 0.25) is 0 Å². The van der Waals surface area contributed by atoms with Crippen LogP contribution >= 0.6 is 0 Å². The van der Waals surface area contributed by atoms with Gasteiger partial charge in [-0.1, -0.05) is 42.5 Å². The molecule has 4 rings (SSSR count). The van der Waals surface area contributed by atoms with Crippen LogP contribution in [0.25, 0.3) is 0 Å². The van der Waals surface area contributed by atoms with Crippen LogP contribution in [-0.4, -0.2) is 50.8 Å². The Balaban J connectivity index is 1.39. The SMILES string of the molecule is CN=C(NCC1CCOC1c1ccccc1)N1CCOC(c2cccc(C(F)(F)F)c2)C1. The minimum Gasteiger partial charge on any atom is -0.373 e. The van der Waals surface area contributed by atoms with Crippen molar-refractivity contribution in [2.45, 2.75) is 24.8 Å². The second kappa shape index (κ2) is 9.92. The largest absolute Gasteiger partial charge is 0.416 e. The molecule has 0 saturated carbocycles. The number of halogens is 3. The van der Waals surface area contributed by atoms with E-state index in [1.807, 2.05) is 23.1 Å². The molecule has 32 heavy (non-hydrogen) atoms. The molecule has 2 aliphatic rings. The van der Waals surface area contributed by atoms with Gasteiger partial charge in [0.25, 0.3) is 0 Å². The van der Waals surface area contributed by atoms with Crippen LogP contribution in [0.4, 0.5) is 13.2 Å². The van der Waals surface area contributed by atoms with Crippen molar-refractivity contribution in [3.8, 4) is 0 Å². The lowest BCUT2D eigenvalue weighted by Crippen LogP contribution is -2.49. The van der Waals surface area contributed by atoms with Crippen molar-refractivity contribution in [3.05, 3.63) is 71.3 Å². The normalized spacial score (nSPS) is 24.6. The first-order chi connectivity index (χ1) is 15.5. The van der Waals surface area contributed by atoms with Gasteiger partial charge in [-0.2, -0.15) is 13.2 Å². The fraction of sp³-hybridized carbons (Fsp3) is 0.458. The number of guanidine groups is 1. The lowest BCUT2D eigenvalue weighted by Gasteiger charge is -2.36. The summed E-state index contributed by atoms with van der Waals surface area (Å²) in [7, 11) is 1.72. The molecule has 2 aromatic carbocycles. The maximum atomic E-state index is 13.1. The average Bonchev–Trinajstić information content (AvgIpc) is 3.28. The molecule has 2 aliphatic heterocycles. The molecule has 0 bridgehead atoms. The van der Waals surface area contributed by atoms with E-state index >= 15 is 0 Å². The third-order valence-electron chi connectivity index (χ3n) is 6.03. The summed E-state index contributed by atoms with van der Waals surface area (Å²) in [5.41, 5.74) is 1.03. The van der Waals surface area contributed by atoms with Crippen molar-refractivity contribution >= 4 is 5.96 Å². The van der Waals surface area contributed by atoms with Gasteiger partial charge in [-0.3, -0.25) is 4.99 Å². The van der Waals surface area contributed by atoms with E-state index in [1.54, 1.807) is 13.1 Å². The molecule has 172 valence electrons. The second-order valence-electron chi connectivity index (χ2n) is 8.11. The number of benzene rings is 2. The lowest BCUT2D eigenvalue weighted by atomic mass is 9.95. The first-order valence-electron chi connectivity index (χ1n) is 10.9. The maximum absolute atomic E-state index is 13.1. The fourth-order valence-electron chi connectivity index (χ4n) is 4.37. The van der Waals surface area contributed by atoms with Crippen LogP contribution in [0, 0.1) is 5.92 Å².